The number of pyridine rings is 1. The lowest BCUT2D eigenvalue weighted by Crippen LogP contribution is -2.35. The second-order valence-corrected chi connectivity index (χ2v) is 7.88. The van der Waals surface area contributed by atoms with Gasteiger partial charge in [-0.1, -0.05) is 36.7 Å². The van der Waals surface area contributed by atoms with Crippen LogP contribution in [0.2, 0.25) is 0 Å². The van der Waals surface area contributed by atoms with Crippen molar-refractivity contribution in [3.05, 3.63) is 53.2 Å². The third-order valence-corrected chi connectivity index (χ3v) is 5.77. The number of benzene rings is 1. The van der Waals surface area contributed by atoms with E-state index >= 15 is 0 Å². The molecule has 1 aromatic carbocycles. The standard InChI is InChI=1S/C21H24N2O3S/c1-14-9-10-15(2)18(12-14)27-20-17(8-5-11-22-20)21(25)26-13-19(24)23-16-6-3-4-7-16/h5,8-12,16H,3-4,6-7,13H2,1-2H3,(H,23,24). The maximum atomic E-state index is 12.5. The minimum Gasteiger partial charge on any atom is -0.452 e. The van der Waals surface area contributed by atoms with Gasteiger partial charge in [0.25, 0.3) is 5.91 Å². The van der Waals surface area contributed by atoms with Gasteiger partial charge in [0, 0.05) is 17.1 Å². The number of hydrogen-bond donors (Lipinski definition) is 1. The zero-order valence-electron chi connectivity index (χ0n) is 15.7. The molecule has 5 nitrogen and oxygen atoms in total. The molecule has 2 aromatic rings. The molecule has 1 N–H and O–H groups in total. The second-order valence-electron chi connectivity index (χ2n) is 6.85. The normalized spacial score (nSPS) is 14.1. The van der Waals surface area contributed by atoms with Gasteiger partial charge in [0.05, 0.1) is 5.56 Å². The molecular formula is C21H24N2O3S. The van der Waals surface area contributed by atoms with E-state index in [1.807, 2.05) is 19.9 Å². The van der Waals surface area contributed by atoms with Crippen LogP contribution in [0.15, 0.2) is 46.5 Å². The first-order valence-corrected chi connectivity index (χ1v) is 10.0. The summed E-state index contributed by atoms with van der Waals surface area (Å²) in [4.78, 5) is 29.9. The average molecular weight is 385 g/mol. The molecule has 1 aliphatic carbocycles. The Morgan fingerprint density at radius 2 is 2.00 bits per heavy atom. The van der Waals surface area contributed by atoms with Crippen molar-refractivity contribution < 1.29 is 14.3 Å². The van der Waals surface area contributed by atoms with Crippen LogP contribution in [0.1, 0.15) is 47.2 Å². The lowest BCUT2D eigenvalue weighted by molar-refractivity contribution is -0.124. The molecule has 0 spiro atoms. The van der Waals surface area contributed by atoms with E-state index in [1.54, 1.807) is 18.3 Å². The van der Waals surface area contributed by atoms with Crippen LogP contribution in [0, 0.1) is 13.8 Å². The highest BCUT2D eigenvalue weighted by molar-refractivity contribution is 7.99. The fraction of sp³-hybridized carbons (Fsp3) is 0.381. The Balaban J connectivity index is 1.64. The number of amides is 1. The third kappa shape index (κ3) is 5.32. The van der Waals surface area contributed by atoms with E-state index in [4.69, 9.17) is 4.74 Å². The molecule has 6 heteroatoms. The maximum absolute atomic E-state index is 12.5. The lowest BCUT2D eigenvalue weighted by Gasteiger charge is -2.13. The fourth-order valence-corrected chi connectivity index (χ4v) is 4.15. The molecule has 27 heavy (non-hydrogen) atoms. The minimum absolute atomic E-state index is 0.213. The van der Waals surface area contributed by atoms with Crippen LogP contribution in [-0.4, -0.2) is 29.5 Å². The summed E-state index contributed by atoms with van der Waals surface area (Å²) in [7, 11) is 0. The van der Waals surface area contributed by atoms with Gasteiger partial charge in [-0.3, -0.25) is 4.79 Å². The lowest BCUT2D eigenvalue weighted by atomic mass is 10.2. The number of esters is 1. The third-order valence-electron chi connectivity index (χ3n) is 4.60. The molecule has 0 saturated heterocycles. The number of aryl methyl sites for hydroxylation is 2. The molecule has 1 aliphatic rings. The molecule has 0 atom stereocenters. The van der Waals surface area contributed by atoms with E-state index < -0.39 is 5.97 Å². The molecule has 1 heterocycles. The molecule has 3 rings (SSSR count). The van der Waals surface area contributed by atoms with Gasteiger partial charge in [-0.25, -0.2) is 9.78 Å². The molecule has 0 aliphatic heterocycles. The summed E-state index contributed by atoms with van der Waals surface area (Å²) in [5.41, 5.74) is 2.63. The summed E-state index contributed by atoms with van der Waals surface area (Å²) in [6, 6.07) is 9.76. The van der Waals surface area contributed by atoms with Gasteiger partial charge in [-0.05, 0) is 56.0 Å². The van der Waals surface area contributed by atoms with Gasteiger partial charge in [-0.15, -0.1) is 0 Å². The summed E-state index contributed by atoms with van der Waals surface area (Å²) < 4.78 is 5.23. The first-order valence-electron chi connectivity index (χ1n) is 9.19. The molecule has 1 saturated carbocycles. The van der Waals surface area contributed by atoms with E-state index in [0.717, 1.165) is 41.7 Å². The quantitative estimate of drug-likeness (QED) is 0.761. The van der Waals surface area contributed by atoms with Crippen molar-refractivity contribution in [2.24, 2.45) is 0 Å². The minimum atomic E-state index is -0.530. The number of nitrogens with zero attached hydrogens (tertiary/aromatic N) is 1. The van der Waals surface area contributed by atoms with E-state index in [2.05, 4.69) is 22.4 Å². The summed E-state index contributed by atoms with van der Waals surface area (Å²) in [5, 5.41) is 3.49. The number of ether oxygens (including phenoxy) is 1. The largest absolute Gasteiger partial charge is 0.452 e. The summed E-state index contributed by atoms with van der Waals surface area (Å²) >= 11 is 1.43. The zero-order valence-corrected chi connectivity index (χ0v) is 16.5. The van der Waals surface area contributed by atoms with Gasteiger partial charge < -0.3 is 10.1 Å². The maximum Gasteiger partial charge on any atom is 0.341 e. The van der Waals surface area contributed by atoms with E-state index in [0.29, 0.717) is 10.6 Å². The zero-order chi connectivity index (χ0) is 19.2. The molecule has 1 amide bonds. The molecular weight excluding hydrogens is 360 g/mol. The summed E-state index contributed by atoms with van der Waals surface area (Å²) in [6.07, 6.45) is 5.92. The number of nitrogens with one attached hydrogen (secondary N) is 1. The average Bonchev–Trinajstić information content (AvgIpc) is 3.16. The van der Waals surface area contributed by atoms with Crippen molar-refractivity contribution in [2.45, 2.75) is 55.5 Å². The second kappa shape index (κ2) is 9.04. The van der Waals surface area contributed by atoms with Crippen molar-refractivity contribution in [1.29, 1.82) is 0 Å². The van der Waals surface area contributed by atoms with Crippen molar-refractivity contribution in [3.63, 3.8) is 0 Å². The van der Waals surface area contributed by atoms with Crippen LogP contribution < -0.4 is 5.32 Å². The predicted molar refractivity (Wildman–Crippen MR) is 105 cm³/mol. The van der Waals surface area contributed by atoms with Crippen LogP contribution >= 0.6 is 11.8 Å². The Hall–Kier alpha value is -2.34. The number of rotatable bonds is 6. The summed E-state index contributed by atoms with van der Waals surface area (Å²) in [5.74, 6) is -0.777. The SMILES string of the molecule is Cc1ccc(C)c(Sc2ncccc2C(=O)OCC(=O)NC2CCCC2)c1. The van der Waals surface area contributed by atoms with E-state index in [9.17, 15) is 9.59 Å². The summed E-state index contributed by atoms with van der Waals surface area (Å²) in [6.45, 7) is 3.79. The van der Waals surface area contributed by atoms with Crippen LogP contribution in [0.25, 0.3) is 0 Å². The number of carbonyl (C=O) groups is 2. The number of aromatic nitrogens is 1. The fourth-order valence-electron chi connectivity index (χ4n) is 3.10. The highest BCUT2D eigenvalue weighted by Gasteiger charge is 2.20. The van der Waals surface area contributed by atoms with Crippen molar-refractivity contribution in [2.75, 3.05) is 6.61 Å². The van der Waals surface area contributed by atoms with Gasteiger partial charge >= 0.3 is 5.97 Å². The topological polar surface area (TPSA) is 68.3 Å². The van der Waals surface area contributed by atoms with Gasteiger partial charge in [-0.2, -0.15) is 0 Å². The Labute approximate surface area is 163 Å². The molecule has 1 aromatic heterocycles. The van der Waals surface area contributed by atoms with E-state index in [-0.39, 0.29) is 18.6 Å². The molecule has 0 radical (unpaired) electrons. The van der Waals surface area contributed by atoms with Crippen LogP contribution in [-0.2, 0) is 9.53 Å². The Morgan fingerprint density at radius 3 is 2.78 bits per heavy atom. The van der Waals surface area contributed by atoms with Gasteiger partial charge in [0.1, 0.15) is 5.03 Å². The Kier molecular flexibility index (Phi) is 6.50. The van der Waals surface area contributed by atoms with Crippen LogP contribution in [0.5, 0.6) is 0 Å². The smallest absolute Gasteiger partial charge is 0.341 e. The van der Waals surface area contributed by atoms with Crippen molar-refractivity contribution in [3.8, 4) is 0 Å². The highest BCUT2D eigenvalue weighted by atomic mass is 32.2. The van der Waals surface area contributed by atoms with Crippen LogP contribution in [0.3, 0.4) is 0 Å². The predicted octanol–water partition coefficient (Wildman–Crippen LogP) is 4.07. The molecule has 0 unspecified atom stereocenters. The molecule has 0 bridgehead atoms. The van der Waals surface area contributed by atoms with Crippen molar-refractivity contribution >= 4 is 23.6 Å². The number of hydrogen-bond acceptors (Lipinski definition) is 5. The van der Waals surface area contributed by atoms with Crippen LogP contribution in [0.4, 0.5) is 0 Å². The van der Waals surface area contributed by atoms with Gasteiger partial charge in [0.2, 0.25) is 0 Å². The number of carbonyl (C=O) groups excluding carboxylic acids is 2. The Bertz CT molecular complexity index is 832. The molecule has 1 fully saturated rings. The monoisotopic (exact) mass is 384 g/mol. The molecule has 142 valence electrons. The highest BCUT2D eigenvalue weighted by Crippen LogP contribution is 2.32. The first kappa shape index (κ1) is 19.4. The first-order chi connectivity index (χ1) is 13.0. The Morgan fingerprint density at radius 1 is 1.22 bits per heavy atom. The van der Waals surface area contributed by atoms with E-state index in [1.165, 1.54) is 11.8 Å². The van der Waals surface area contributed by atoms with Crippen molar-refractivity contribution in [1.82, 2.24) is 10.3 Å². The van der Waals surface area contributed by atoms with Gasteiger partial charge in [0.15, 0.2) is 6.61 Å².